The van der Waals surface area contributed by atoms with Crippen LogP contribution in [0.5, 0.6) is 0 Å². The van der Waals surface area contributed by atoms with E-state index in [-0.39, 0.29) is 5.91 Å². The summed E-state index contributed by atoms with van der Waals surface area (Å²) >= 11 is 0. The molecule has 2 N–H and O–H groups in total. The third kappa shape index (κ3) is 4.46. The molecule has 2 aliphatic rings. The molecule has 1 aromatic heterocycles. The second-order valence-electron chi connectivity index (χ2n) is 8.14. The highest BCUT2D eigenvalue weighted by atomic mass is 16.4. The molecule has 1 atom stereocenters. The zero-order valence-corrected chi connectivity index (χ0v) is 16.8. The number of carbonyl (C=O) groups is 2. The van der Waals surface area contributed by atoms with Crippen LogP contribution in [0.25, 0.3) is 10.9 Å². The number of nitrogens with zero attached hydrogens (tertiary/aromatic N) is 3. The van der Waals surface area contributed by atoms with Gasteiger partial charge in [-0.1, -0.05) is 31.0 Å². The molecule has 0 bridgehead atoms. The predicted molar refractivity (Wildman–Crippen MR) is 112 cm³/mol. The summed E-state index contributed by atoms with van der Waals surface area (Å²) in [4.78, 5) is 34.1. The Hall–Kier alpha value is -2.38. The molecule has 156 valence electrons. The number of fused-ring (bicyclic) bond motifs is 1. The maximum Gasteiger partial charge on any atom is 0.325 e. The van der Waals surface area contributed by atoms with E-state index in [1.807, 2.05) is 40.3 Å². The summed E-state index contributed by atoms with van der Waals surface area (Å²) in [5, 5.41) is 10.9. The normalized spacial score (nSPS) is 20.5. The van der Waals surface area contributed by atoms with Crippen molar-refractivity contribution >= 4 is 22.8 Å². The van der Waals surface area contributed by atoms with Crippen molar-refractivity contribution in [1.82, 2.24) is 19.7 Å². The van der Waals surface area contributed by atoms with Crippen LogP contribution in [0.1, 0.15) is 37.3 Å². The Labute approximate surface area is 171 Å². The molecular weight excluding hydrogens is 368 g/mol. The molecular formula is C22H30N4O3. The molecule has 2 aliphatic heterocycles. The lowest BCUT2D eigenvalue weighted by Crippen LogP contribution is -2.52. The minimum Gasteiger partial charge on any atom is -0.480 e. The number of nitrogens with one attached hydrogen (secondary N) is 1. The second kappa shape index (κ2) is 8.97. The van der Waals surface area contributed by atoms with Crippen LogP contribution >= 0.6 is 0 Å². The molecule has 0 aliphatic carbocycles. The molecule has 1 amide bonds. The SMILES string of the molecule is O=C(O)C(c1c[nH]c2ccccc12)N1CCN(CC(=O)N2CCCCCC2)CC1. The van der Waals surface area contributed by atoms with Gasteiger partial charge in [0.25, 0.3) is 0 Å². The molecule has 1 aromatic carbocycles. The van der Waals surface area contributed by atoms with Crippen molar-refractivity contribution in [3.8, 4) is 0 Å². The summed E-state index contributed by atoms with van der Waals surface area (Å²) in [6.45, 7) is 4.91. The Bertz CT molecular complexity index is 849. The highest BCUT2D eigenvalue weighted by Gasteiger charge is 2.32. The predicted octanol–water partition coefficient (Wildman–Crippen LogP) is 2.31. The van der Waals surface area contributed by atoms with E-state index in [0.717, 1.165) is 42.4 Å². The largest absolute Gasteiger partial charge is 0.480 e. The third-order valence-corrected chi connectivity index (χ3v) is 6.24. The van der Waals surface area contributed by atoms with Gasteiger partial charge in [-0.25, -0.2) is 0 Å². The molecule has 2 fully saturated rings. The molecule has 2 saturated heterocycles. The topological polar surface area (TPSA) is 79.9 Å². The number of hydrogen-bond acceptors (Lipinski definition) is 4. The molecule has 0 radical (unpaired) electrons. The Balaban J connectivity index is 1.38. The second-order valence-corrected chi connectivity index (χ2v) is 8.14. The average Bonchev–Trinajstić information content (AvgIpc) is 2.95. The Morgan fingerprint density at radius 3 is 2.34 bits per heavy atom. The maximum atomic E-state index is 12.6. The number of H-pyrrole nitrogens is 1. The van der Waals surface area contributed by atoms with E-state index in [1.165, 1.54) is 12.8 Å². The van der Waals surface area contributed by atoms with Gasteiger partial charge in [0, 0.05) is 61.9 Å². The quantitative estimate of drug-likeness (QED) is 0.808. The van der Waals surface area contributed by atoms with Gasteiger partial charge in [0.05, 0.1) is 6.54 Å². The minimum atomic E-state index is -0.830. The summed E-state index contributed by atoms with van der Waals surface area (Å²) in [6, 6.07) is 7.13. The van der Waals surface area contributed by atoms with Crippen LogP contribution in [0.2, 0.25) is 0 Å². The molecule has 1 unspecified atom stereocenters. The first kappa shape index (κ1) is 19.9. The van der Waals surface area contributed by atoms with Crippen LogP contribution in [0.15, 0.2) is 30.5 Å². The zero-order valence-electron chi connectivity index (χ0n) is 16.8. The van der Waals surface area contributed by atoms with Crippen LogP contribution < -0.4 is 0 Å². The number of aromatic amines is 1. The molecule has 3 heterocycles. The van der Waals surface area contributed by atoms with E-state index < -0.39 is 12.0 Å². The first-order valence-electron chi connectivity index (χ1n) is 10.7. The van der Waals surface area contributed by atoms with E-state index in [1.54, 1.807) is 0 Å². The lowest BCUT2D eigenvalue weighted by molar-refractivity contribution is -0.145. The van der Waals surface area contributed by atoms with Crippen LogP contribution in [0, 0.1) is 0 Å². The van der Waals surface area contributed by atoms with Gasteiger partial charge in [-0.2, -0.15) is 0 Å². The lowest BCUT2D eigenvalue weighted by Gasteiger charge is -2.38. The number of carboxylic acids is 1. The lowest BCUT2D eigenvalue weighted by atomic mass is 10.0. The summed E-state index contributed by atoms with van der Waals surface area (Å²) in [5.41, 5.74) is 1.76. The van der Waals surface area contributed by atoms with Crippen LogP contribution in [-0.4, -0.2) is 82.5 Å². The van der Waals surface area contributed by atoms with Crippen LogP contribution in [0.3, 0.4) is 0 Å². The number of hydrogen-bond donors (Lipinski definition) is 2. The highest BCUT2D eigenvalue weighted by molar-refractivity contribution is 5.89. The Morgan fingerprint density at radius 2 is 1.66 bits per heavy atom. The van der Waals surface area contributed by atoms with E-state index >= 15 is 0 Å². The summed E-state index contributed by atoms with van der Waals surface area (Å²) in [5.74, 6) is -0.615. The summed E-state index contributed by atoms with van der Waals surface area (Å²) in [6.07, 6.45) is 6.45. The number of likely N-dealkylation sites (tertiary alicyclic amines) is 1. The van der Waals surface area contributed by atoms with Gasteiger partial charge in [0.15, 0.2) is 0 Å². The fraction of sp³-hybridized carbons (Fsp3) is 0.545. The van der Waals surface area contributed by atoms with Gasteiger partial charge in [-0.15, -0.1) is 0 Å². The number of aliphatic carboxylic acids is 1. The van der Waals surface area contributed by atoms with E-state index in [4.69, 9.17) is 0 Å². The van der Waals surface area contributed by atoms with Crippen molar-refractivity contribution in [2.24, 2.45) is 0 Å². The highest BCUT2D eigenvalue weighted by Crippen LogP contribution is 2.29. The first-order valence-corrected chi connectivity index (χ1v) is 10.7. The molecule has 7 nitrogen and oxygen atoms in total. The molecule has 29 heavy (non-hydrogen) atoms. The van der Waals surface area contributed by atoms with Gasteiger partial charge in [0.2, 0.25) is 5.91 Å². The first-order chi connectivity index (χ1) is 14.1. The monoisotopic (exact) mass is 398 g/mol. The number of benzene rings is 1. The summed E-state index contributed by atoms with van der Waals surface area (Å²) < 4.78 is 0. The van der Waals surface area contributed by atoms with Gasteiger partial charge in [-0.3, -0.25) is 19.4 Å². The minimum absolute atomic E-state index is 0.215. The molecule has 0 spiro atoms. The van der Waals surface area contributed by atoms with E-state index in [9.17, 15) is 14.7 Å². The van der Waals surface area contributed by atoms with E-state index in [0.29, 0.717) is 32.7 Å². The van der Waals surface area contributed by atoms with Crippen molar-refractivity contribution < 1.29 is 14.7 Å². The molecule has 4 rings (SSSR count). The number of piperazine rings is 1. The van der Waals surface area contributed by atoms with Crippen molar-refractivity contribution in [3.63, 3.8) is 0 Å². The van der Waals surface area contributed by atoms with Gasteiger partial charge < -0.3 is 15.0 Å². The van der Waals surface area contributed by atoms with Crippen molar-refractivity contribution in [2.45, 2.75) is 31.7 Å². The van der Waals surface area contributed by atoms with Gasteiger partial charge in [-0.05, 0) is 18.9 Å². The maximum absolute atomic E-state index is 12.6. The smallest absolute Gasteiger partial charge is 0.325 e. The fourth-order valence-electron chi connectivity index (χ4n) is 4.60. The van der Waals surface area contributed by atoms with Crippen LogP contribution in [0.4, 0.5) is 0 Å². The molecule has 7 heteroatoms. The standard InChI is InChI=1S/C22H30N4O3/c27-20(25-9-5-1-2-6-10-25)16-24-11-13-26(14-12-24)21(22(28)29)18-15-23-19-8-4-3-7-17(18)19/h3-4,7-8,15,21,23H,1-2,5-6,9-14,16H2,(H,28,29). The Kier molecular flexibility index (Phi) is 6.16. The van der Waals surface area contributed by atoms with Gasteiger partial charge in [0.1, 0.15) is 6.04 Å². The van der Waals surface area contributed by atoms with E-state index in [2.05, 4.69) is 9.88 Å². The molecule has 2 aromatic rings. The number of para-hydroxylation sites is 1. The average molecular weight is 399 g/mol. The number of aromatic nitrogens is 1. The number of carboxylic acid groups (broad SMARTS) is 1. The zero-order chi connectivity index (χ0) is 20.2. The number of carbonyl (C=O) groups excluding carboxylic acids is 1. The van der Waals surface area contributed by atoms with Gasteiger partial charge >= 0.3 is 5.97 Å². The van der Waals surface area contributed by atoms with Crippen molar-refractivity contribution in [1.29, 1.82) is 0 Å². The Morgan fingerprint density at radius 1 is 0.966 bits per heavy atom. The number of amides is 1. The molecule has 0 saturated carbocycles. The van der Waals surface area contributed by atoms with Crippen molar-refractivity contribution in [3.05, 3.63) is 36.0 Å². The summed E-state index contributed by atoms with van der Waals surface area (Å²) in [7, 11) is 0. The number of rotatable bonds is 5. The van der Waals surface area contributed by atoms with Crippen molar-refractivity contribution in [2.75, 3.05) is 45.8 Å². The third-order valence-electron chi connectivity index (χ3n) is 6.24. The van der Waals surface area contributed by atoms with Crippen LogP contribution in [-0.2, 0) is 9.59 Å². The fourth-order valence-corrected chi connectivity index (χ4v) is 4.60.